The Hall–Kier alpha value is -1.93. The molecule has 1 aliphatic heterocycles. The van der Waals surface area contributed by atoms with Gasteiger partial charge in [0.1, 0.15) is 0 Å². The van der Waals surface area contributed by atoms with Crippen LogP contribution in [0.4, 0.5) is 0 Å². The molecule has 0 radical (unpaired) electrons. The van der Waals surface area contributed by atoms with E-state index < -0.39 is 27.9 Å². The van der Waals surface area contributed by atoms with Crippen molar-refractivity contribution in [2.24, 2.45) is 11.8 Å². The molecule has 1 fully saturated rings. The molecule has 24 heavy (non-hydrogen) atoms. The van der Waals surface area contributed by atoms with Crippen molar-refractivity contribution in [2.75, 3.05) is 20.2 Å². The molecule has 1 N–H and O–H groups in total. The fraction of sp³-hybridized carbons (Fsp3) is 0.500. The first-order valence-corrected chi connectivity index (χ1v) is 8.96. The number of aliphatic carboxylic acids is 1. The van der Waals surface area contributed by atoms with Crippen LogP contribution in [0.2, 0.25) is 0 Å². The number of carbonyl (C=O) groups excluding carboxylic acids is 1. The second-order valence-electron chi connectivity index (χ2n) is 6.15. The van der Waals surface area contributed by atoms with E-state index in [1.54, 1.807) is 26.8 Å². The summed E-state index contributed by atoms with van der Waals surface area (Å²) in [6.45, 7) is 5.17. The highest BCUT2D eigenvalue weighted by Gasteiger charge is 2.41. The standard InChI is InChI=1S/C16H21NO6S/c1-9-5-12(16(20)23-4)6-14(11(9)3)24(21,22)17-7-10(2)13(8-17)15(18)19/h5-6,10,13H,7-8H2,1-4H3,(H,18,19)/t10-,13-/m1/s1. The molecule has 0 aromatic heterocycles. The van der Waals surface area contributed by atoms with E-state index in [0.29, 0.717) is 11.1 Å². The van der Waals surface area contributed by atoms with Crippen LogP contribution < -0.4 is 0 Å². The molecule has 1 aromatic carbocycles. The molecular formula is C16H21NO6S. The number of carboxylic acids is 1. The Balaban J connectivity index is 2.49. The number of nitrogens with zero attached hydrogens (tertiary/aromatic N) is 1. The molecule has 132 valence electrons. The normalized spacial score (nSPS) is 21.7. The third kappa shape index (κ3) is 3.16. The van der Waals surface area contributed by atoms with Crippen molar-refractivity contribution < 1.29 is 27.9 Å². The van der Waals surface area contributed by atoms with Gasteiger partial charge < -0.3 is 9.84 Å². The smallest absolute Gasteiger partial charge is 0.337 e. The van der Waals surface area contributed by atoms with E-state index in [1.807, 2.05) is 0 Å². The Labute approximate surface area is 141 Å². The number of carboxylic acid groups (broad SMARTS) is 1. The van der Waals surface area contributed by atoms with Gasteiger partial charge in [0.2, 0.25) is 10.0 Å². The average Bonchev–Trinajstić information content (AvgIpc) is 2.91. The van der Waals surface area contributed by atoms with E-state index in [2.05, 4.69) is 4.74 Å². The van der Waals surface area contributed by atoms with Crippen LogP contribution in [0.3, 0.4) is 0 Å². The topological polar surface area (TPSA) is 101 Å². The number of carbonyl (C=O) groups is 2. The van der Waals surface area contributed by atoms with Crippen molar-refractivity contribution >= 4 is 22.0 Å². The van der Waals surface area contributed by atoms with Gasteiger partial charge in [-0.15, -0.1) is 0 Å². The Morgan fingerprint density at radius 3 is 2.38 bits per heavy atom. The molecule has 0 aliphatic carbocycles. The van der Waals surface area contributed by atoms with E-state index in [4.69, 9.17) is 0 Å². The minimum atomic E-state index is -3.89. The predicted molar refractivity (Wildman–Crippen MR) is 86.3 cm³/mol. The number of sulfonamides is 1. The number of aryl methyl sites for hydroxylation is 1. The maximum absolute atomic E-state index is 13.0. The molecule has 1 aliphatic rings. The summed E-state index contributed by atoms with van der Waals surface area (Å²) in [4.78, 5) is 23.0. The number of rotatable bonds is 4. The molecule has 1 aromatic rings. The van der Waals surface area contributed by atoms with E-state index in [-0.39, 0.29) is 29.5 Å². The summed E-state index contributed by atoms with van der Waals surface area (Å²) in [6.07, 6.45) is 0. The van der Waals surface area contributed by atoms with Gasteiger partial charge in [0, 0.05) is 13.1 Å². The van der Waals surface area contributed by atoms with Gasteiger partial charge in [-0.2, -0.15) is 4.31 Å². The number of benzene rings is 1. The van der Waals surface area contributed by atoms with Gasteiger partial charge >= 0.3 is 11.9 Å². The van der Waals surface area contributed by atoms with Gasteiger partial charge in [-0.3, -0.25) is 4.79 Å². The fourth-order valence-electron chi connectivity index (χ4n) is 2.91. The SMILES string of the molecule is COC(=O)c1cc(C)c(C)c(S(=O)(=O)N2C[C@@H](C)[C@H](C(=O)O)C2)c1. The zero-order valence-corrected chi connectivity index (χ0v) is 14.9. The monoisotopic (exact) mass is 355 g/mol. The van der Waals surface area contributed by atoms with Crippen molar-refractivity contribution in [2.45, 2.75) is 25.7 Å². The number of hydrogen-bond acceptors (Lipinski definition) is 5. The number of hydrogen-bond donors (Lipinski definition) is 1. The second kappa shape index (κ2) is 6.52. The predicted octanol–water partition coefficient (Wildman–Crippen LogP) is 1.43. The van der Waals surface area contributed by atoms with Crippen molar-refractivity contribution in [1.29, 1.82) is 0 Å². The van der Waals surface area contributed by atoms with E-state index in [1.165, 1.54) is 17.5 Å². The molecule has 2 rings (SSSR count). The Kier molecular flexibility index (Phi) is 5.00. The number of methoxy groups -OCH3 is 1. The highest BCUT2D eigenvalue weighted by atomic mass is 32.2. The third-order valence-corrected chi connectivity index (χ3v) is 6.51. The molecule has 0 amide bonds. The number of esters is 1. The lowest BCUT2D eigenvalue weighted by atomic mass is 9.99. The zero-order chi connectivity index (χ0) is 18.2. The molecule has 0 bridgehead atoms. The lowest BCUT2D eigenvalue weighted by Gasteiger charge is -2.19. The van der Waals surface area contributed by atoms with E-state index >= 15 is 0 Å². The van der Waals surface area contributed by atoms with Crippen LogP contribution in [0.25, 0.3) is 0 Å². The first-order valence-electron chi connectivity index (χ1n) is 7.52. The molecule has 0 unspecified atom stereocenters. The van der Waals surface area contributed by atoms with Crippen LogP contribution >= 0.6 is 0 Å². The number of ether oxygens (including phenoxy) is 1. The van der Waals surface area contributed by atoms with E-state index in [9.17, 15) is 23.1 Å². The maximum atomic E-state index is 13.0. The summed E-state index contributed by atoms with van der Waals surface area (Å²) in [5.41, 5.74) is 1.34. The molecule has 1 heterocycles. The average molecular weight is 355 g/mol. The summed E-state index contributed by atoms with van der Waals surface area (Å²) in [5.74, 6) is -2.63. The van der Waals surface area contributed by atoms with E-state index in [0.717, 1.165) is 0 Å². The first kappa shape index (κ1) is 18.4. The molecule has 0 saturated carbocycles. The Bertz CT molecular complexity index is 786. The molecule has 8 heteroatoms. The highest BCUT2D eigenvalue weighted by molar-refractivity contribution is 7.89. The molecular weight excluding hydrogens is 334 g/mol. The van der Waals surface area contributed by atoms with Gasteiger partial charge in [-0.1, -0.05) is 6.92 Å². The largest absolute Gasteiger partial charge is 0.481 e. The summed E-state index contributed by atoms with van der Waals surface area (Å²) in [7, 11) is -2.67. The lowest BCUT2D eigenvalue weighted by Crippen LogP contribution is -2.31. The van der Waals surface area contributed by atoms with Crippen LogP contribution in [-0.2, 0) is 19.6 Å². The van der Waals surface area contributed by atoms with Gasteiger partial charge in [-0.05, 0) is 43.0 Å². The summed E-state index contributed by atoms with van der Waals surface area (Å²) in [5, 5.41) is 9.20. The first-order chi connectivity index (χ1) is 11.1. The van der Waals surface area contributed by atoms with Crippen molar-refractivity contribution in [3.05, 3.63) is 28.8 Å². The Morgan fingerprint density at radius 1 is 1.25 bits per heavy atom. The molecule has 1 saturated heterocycles. The van der Waals surface area contributed by atoms with Crippen molar-refractivity contribution in [3.8, 4) is 0 Å². The Morgan fingerprint density at radius 2 is 1.88 bits per heavy atom. The summed E-state index contributed by atoms with van der Waals surface area (Å²) < 4.78 is 31.8. The molecule has 7 nitrogen and oxygen atoms in total. The minimum Gasteiger partial charge on any atom is -0.481 e. The third-order valence-electron chi connectivity index (χ3n) is 4.55. The highest BCUT2D eigenvalue weighted by Crippen LogP contribution is 2.31. The van der Waals surface area contributed by atoms with Crippen molar-refractivity contribution in [1.82, 2.24) is 4.31 Å². The van der Waals surface area contributed by atoms with Gasteiger partial charge in [0.25, 0.3) is 0 Å². The van der Waals surface area contributed by atoms with Crippen LogP contribution in [-0.4, -0.2) is 50.0 Å². The second-order valence-corrected chi connectivity index (χ2v) is 8.06. The maximum Gasteiger partial charge on any atom is 0.337 e. The quantitative estimate of drug-likeness (QED) is 0.820. The van der Waals surface area contributed by atoms with Gasteiger partial charge in [0.05, 0.1) is 23.5 Å². The molecule has 0 spiro atoms. The van der Waals surface area contributed by atoms with Crippen LogP contribution in [0.1, 0.15) is 28.4 Å². The van der Waals surface area contributed by atoms with Crippen LogP contribution in [0, 0.1) is 25.7 Å². The lowest BCUT2D eigenvalue weighted by molar-refractivity contribution is -0.142. The van der Waals surface area contributed by atoms with Crippen molar-refractivity contribution in [3.63, 3.8) is 0 Å². The minimum absolute atomic E-state index is 0.0149. The van der Waals surface area contributed by atoms with Crippen LogP contribution in [0.5, 0.6) is 0 Å². The van der Waals surface area contributed by atoms with Gasteiger partial charge in [-0.25, -0.2) is 13.2 Å². The molecule has 2 atom stereocenters. The summed E-state index contributed by atoms with van der Waals surface area (Å²) in [6, 6.07) is 2.87. The summed E-state index contributed by atoms with van der Waals surface area (Å²) >= 11 is 0. The van der Waals surface area contributed by atoms with Gasteiger partial charge in [0.15, 0.2) is 0 Å². The van der Waals surface area contributed by atoms with Crippen LogP contribution in [0.15, 0.2) is 17.0 Å². The zero-order valence-electron chi connectivity index (χ0n) is 14.1. The fourth-order valence-corrected chi connectivity index (χ4v) is 4.80.